The van der Waals surface area contributed by atoms with Gasteiger partial charge in [0.05, 0.1) is 17.9 Å². The fourth-order valence-electron chi connectivity index (χ4n) is 2.86. The van der Waals surface area contributed by atoms with Crippen molar-refractivity contribution in [3.05, 3.63) is 36.3 Å². The molecule has 2 fully saturated rings. The van der Waals surface area contributed by atoms with Crippen molar-refractivity contribution >= 4 is 13.3 Å². The molecule has 0 amide bonds. The van der Waals surface area contributed by atoms with Gasteiger partial charge in [-0.15, -0.1) is 0 Å². The first-order valence-electron chi connectivity index (χ1n) is 6.46. The van der Waals surface area contributed by atoms with Crippen LogP contribution in [0, 0.1) is 5.92 Å². The Labute approximate surface area is 107 Å². The second-order valence-corrected chi connectivity index (χ2v) is 5.36. The number of fused-ring (bicyclic) bond motifs is 1. The molecule has 18 heavy (non-hydrogen) atoms. The Balaban J connectivity index is 1.59. The SMILES string of the molecule is [B]c1ccc(-c2cnc([C@@H]3C[C@H]4CC4N3)[nH]2)cc1. The zero-order valence-electron chi connectivity index (χ0n) is 10.1. The van der Waals surface area contributed by atoms with Gasteiger partial charge < -0.3 is 10.3 Å². The number of rotatable bonds is 2. The fraction of sp³-hybridized carbons (Fsp3) is 0.357. The number of hydrogen-bond acceptors (Lipinski definition) is 2. The highest BCUT2D eigenvalue weighted by atomic mass is 15.1. The van der Waals surface area contributed by atoms with Crippen molar-refractivity contribution in [2.75, 3.05) is 0 Å². The maximum Gasteiger partial charge on any atom is 0.123 e. The van der Waals surface area contributed by atoms with E-state index >= 15 is 0 Å². The van der Waals surface area contributed by atoms with Crippen molar-refractivity contribution in [3.63, 3.8) is 0 Å². The van der Waals surface area contributed by atoms with E-state index in [1.807, 2.05) is 30.5 Å². The van der Waals surface area contributed by atoms with Crippen LogP contribution in [-0.4, -0.2) is 23.9 Å². The summed E-state index contributed by atoms with van der Waals surface area (Å²) in [4.78, 5) is 7.92. The number of nitrogens with one attached hydrogen (secondary N) is 2. The molecule has 4 rings (SSSR count). The van der Waals surface area contributed by atoms with Crippen molar-refractivity contribution in [2.45, 2.75) is 24.9 Å². The van der Waals surface area contributed by atoms with Gasteiger partial charge in [0.1, 0.15) is 13.7 Å². The summed E-state index contributed by atoms with van der Waals surface area (Å²) in [6, 6.07) is 9.03. The molecule has 0 spiro atoms. The molecule has 2 N–H and O–H groups in total. The summed E-state index contributed by atoms with van der Waals surface area (Å²) in [5.74, 6) is 1.95. The predicted octanol–water partition coefficient (Wildman–Crippen LogP) is 1.29. The third-order valence-corrected chi connectivity index (χ3v) is 4.02. The molecule has 1 aromatic carbocycles. The molecule has 1 saturated carbocycles. The van der Waals surface area contributed by atoms with Gasteiger partial charge in [-0.2, -0.15) is 0 Å². The Bertz CT molecular complexity index is 565. The van der Waals surface area contributed by atoms with E-state index in [1.165, 1.54) is 12.8 Å². The number of piperidine rings is 1. The van der Waals surface area contributed by atoms with Gasteiger partial charge in [-0.05, 0) is 24.3 Å². The molecule has 2 aliphatic rings. The molecule has 1 aliphatic carbocycles. The average molecular weight is 235 g/mol. The molecule has 2 radical (unpaired) electrons. The molecule has 1 aromatic heterocycles. The maximum atomic E-state index is 5.69. The summed E-state index contributed by atoms with van der Waals surface area (Å²) in [5, 5.41) is 3.60. The lowest BCUT2D eigenvalue weighted by atomic mass is 9.95. The summed E-state index contributed by atoms with van der Waals surface area (Å²) < 4.78 is 0. The van der Waals surface area contributed by atoms with Gasteiger partial charge in [0.2, 0.25) is 0 Å². The van der Waals surface area contributed by atoms with E-state index in [-0.39, 0.29) is 0 Å². The predicted molar refractivity (Wildman–Crippen MR) is 71.8 cm³/mol. The number of imidazole rings is 1. The molecule has 3 atom stereocenters. The molecule has 1 aliphatic heterocycles. The monoisotopic (exact) mass is 235 g/mol. The van der Waals surface area contributed by atoms with Gasteiger partial charge in [-0.25, -0.2) is 4.98 Å². The topological polar surface area (TPSA) is 40.7 Å². The molecule has 1 unspecified atom stereocenters. The Morgan fingerprint density at radius 3 is 2.72 bits per heavy atom. The van der Waals surface area contributed by atoms with Crippen LogP contribution in [0.25, 0.3) is 11.3 Å². The van der Waals surface area contributed by atoms with Crippen LogP contribution in [0.5, 0.6) is 0 Å². The second-order valence-electron chi connectivity index (χ2n) is 5.36. The number of H-pyrrole nitrogens is 1. The minimum absolute atomic E-state index is 0.413. The van der Waals surface area contributed by atoms with Crippen LogP contribution >= 0.6 is 0 Å². The van der Waals surface area contributed by atoms with Gasteiger partial charge in [0, 0.05) is 6.04 Å². The van der Waals surface area contributed by atoms with E-state index in [2.05, 4.69) is 15.3 Å². The average Bonchev–Trinajstić information content (AvgIpc) is 2.83. The van der Waals surface area contributed by atoms with Crippen molar-refractivity contribution in [2.24, 2.45) is 5.92 Å². The molecular formula is C14H14BN3. The highest BCUT2D eigenvalue weighted by Gasteiger charge is 2.46. The van der Waals surface area contributed by atoms with Crippen LogP contribution < -0.4 is 10.8 Å². The zero-order chi connectivity index (χ0) is 12.1. The van der Waals surface area contributed by atoms with Crippen LogP contribution in [0.1, 0.15) is 24.7 Å². The highest BCUT2D eigenvalue weighted by molar-refractivity contribution is 6.32. The van der Waals surface area contributed by atoms with E-state index in [9.17, 15) is 0 Å². The lowest BCUT2D eigenvalue weighted by Gasteiger charge is -2.09. The van der Waals surface area contributed by atoms with Gasteiger partial charge >= 0.3 is 0 Å². The molecule has 4 heteroatoms. The minimum Gasteiger partial charge on any atom is -0.341 e. The van der Waals surface area contributed by atoms with E-state index in [1.54, 1.807) is 0 Å². The van der Waals surface area contributed by atoms with Crippen LogP contribution in [0.4, 0.5) is 0 Å². The molecule has 1 saturated heterocycles. The largest absolute Gasteiger partial charge is 0.341 e. The fourth-order valence-corrected chi connectivity index (χ4v) is 2.86. The van der Waals surface area contributed by atoms with E-state index < -0.39 is 0 Å². The Morgan fingerprint density at radius 1 is 1.17 bits per heavy atom. The summed E-state index contributed by atoms with van der Waals surface area (Å²) in [7, 11) is 5.69. The van der Waals surface area contributed by atoms with Crippen LogP contribution in [-0.2, 0) is 0 Å². The summed E-state index contributed by atoms with van der Waals surface area (Å²) in [6.45, 7) is 0. The normalized spacial score (nSPS) is 29.2. The third kappa shape index (κ3) is 1.68. The smallest absolute Gasteiger partial charge is 0.123 e. The first-order valence-corrected chi connectivity index (χ1v) is 6.46. The minimum atomic E-state index is 0.413. The Hall–Kier alpha value is -1.55. The number of benzene rings is 1. The standard InChI is InChI=1S/C14H14BN3/c15-10-3-1-8(2-4-10)13-7-16-14(18-13)12-6-9-5-11(9)17-12/h1-4,7,9,11-12,17H,5-6H2,(H,16,18)/t9-,11?,12+/m1/s1. The Morgan fingerprint density at radius 2 is 2.00 bits per heavy atom. The quantitative estimate of drug-likeness (QED) is 0.770. The van der Waals surface area contributed by atoms with Crippen LogP contribution in [0.2, 0.25) is 0 Å². The first-order chi connectivity index (χ1) is 8.79. The molecule has 3 nitrogen and oxygen atoms in total. The first kappa shape index (κ1) is 10.4. The van der Waals surface area contributed by atoms with Crippen LogP contribution in [0.15, 0.2) is 30.5 Å². The number of aromatic nitrogens is 2. The summed E-state index contributed by atoms with van der Waals surface area (Å²) in [6.07, 6.45) is 4.48. The second kappa shape index (κ2) is 3.72. The van der Waals surface area contributed by atoms with Crippen LogP contribution in [0.3, 0.4) is 0 Å². The van der Waals surface area contributed by atoms with Crippen molar-refractivity contribution < 1.29 is 0 Å². The van der Waals surface area contributed by atoms with Crippen molar-refractivity contribution in [3.8, 4) is 11.3 Å². The summed E-state index contributed by atoms with van der Waals surface area (Å²) in [5.41, 5.74) is 2.98. The van der Waals surface area contributed by atoms with E-state index in [0.29, 0.717) is 6.04 Å². The molecule has 2 heterocycles. The van der Waals surface area contributed by atoms with E-state index in [4.69, 9.17) is 7.85 Å². The third-order valence-electron chi connectivity index (χ3n) is 4.02. The van der Waals surface area contributed by atoms with Gasteiger partial charge in [-0.3, -0.25) is 0 Å². The molecule has 0 bridgehead atoms. The van der Waals surface area contributed by atoms with Gasteiger partial charge in [-0.1, -0.05) is 29.7 Å². The van der Waals surface area contributed by atoms with Crippen molar-refractivity contribution in [1.82, 2.24) is 15.3 Å². The highest BCUT2D eigenvalue weighted by Crippen LogP contribution is 2.45. The van der Waals surface area contributed by atoms with E-state index in [0.717, 1.165) is 34.5 Å². The van der Waals surface area contributed by atoms with Gasteiger partial charge in [0.25, 0.3) is 0 Å². The maximum absolute atomic E-state index is 5.69. The lowest BCUT2D eigenvalue weighted by Crippen LogP contribution is -2.18. The van der Waals surface area contributed by atoms with Gasteiger partial charge in [0.15, 0.2) is 0 Å². The lowest BCUT2D eigenvalue weighted by molar-refractivity contribution is 0.543. The zero-order valence-corrected chi connectivity index (χ0v) is 10.1. The molecule has 88 valence electrons. The number of nitrogens with zero attached hydrogens (tertiary/aromatic N) is 1. The van der Waals surface area contributed by atoms with Crippen molar-refractivity contribution in [1.29, 1.82) is 0 Å². The number of aromatic amines is 1. The Kier molecular flexibility index (Phi) is 2.15. The molecule has 2 aromatic rings. The number of hydrogen-bond donors (Lipinski definition) is 2. The summed E-state index contributed by atoms with van der Waals surface area (Å²) >= 11 is 0. The molecular weight excluding hydrogens is 221 g/mol.